The van der Waals surface area contributed by atoms with Crippen molar-refractivity contribution in [3.8, 4) is 0 Å². The highest BCUT2D eigenvalue weighted by molar-refractivity contribution is 7.87. The minimum Gasteiger partial charge on any atom is -0.246 e. The summed E-state index contributed by atoms with van der Waals surface area (Å²) in [6.45, 7) is 6.27. The topological polar surface area (TPSA) is 18.8 Å². The molecule has 1 aliphatic heterocycles. The Balaban J connectivity index is 2.39. The average molecular weight is 314 g/mol. The first-order chi connectivity index (χ1) is 9.70. The minimum absolute atomic E-state index is 0.945. The Morgan fingerprint density at radius 2 is 1.70 bits per heavy atom. The standard InChI is InChI=1S/C15H25ClN3P/c1-3-18(4-2)20(16,19-13-9-6-10-14-19)17-15-11-7-5-8-12-15/h5,7-8,11-12H,3-4,6,9-10,13-14H2,1-2H3. The van der Waals surface area contributed by atoms with Crippen LogP contribution in [0.1, 0.15) is 33.1 Å². The maximum Gasteiger partial charge on any atom is 0.191 e. The Morgan fingerprint density at radius 3 is 2.25 bits per heavy atom. The summed E-state index contributed by atoms with van der Waals surface area (Å²) >= 11 is 7.12. The van der Waals surface area contributed by atoms with Crippen molar-refractivity contribution in [3.05, 3.63) is 30.3 Å². The summed E-state index contributed by atoms with van der Waals surface area (Å²) in [4.78, 5) is 0. The second-order valence-corrected chi connectivity index (χ2v) is 8.77. The molecule has 0 radical (unpaired) electrons. The second-order valence-electron chi connectivity index (χ2n) is 5.08. The van der Waals surface area contributed by atoms with Crippen molar-refractivity contribution >= 4 is 23.6 Å². The van der Waals surface area contributed by atoms with E-state index in [9.17, 15) is 0 Å². The van der Waals surface area contributed by atoms with E-state index in [1.165, 1.54) is 19.3 Å². The van der Waals surface area contributed by atoms with Crippen molar-refractivity contribution in [1.82, 2.24) is 9.34 Å². The Bertz CT molecular complexity index is 453. The van der Waals surface area contributed by atoms with Gasteiger partial charge in [-0.25, -0.2) is 14.1 Å². The monoisotopic (exact) mass is 313 g/mol. The molecule has 20 heavy (non-hydrogen) atoms. The third kappa shape index (κ3) is 3.65. The number of hydrogen-bond acceptors (Lipinski definition) is 1. The van der Waals surface area contributed by atoms with Crippen LogP contribution in [0.25, 0.3) is 0 Å². The average Bonchev–Trinajstić information content (AvgIpc) is 2.50. The van der Waals surface area contributed by atoms with E-state index in [1.807, 2.05) is 30.3 Å². The number of hydrogen-bond donors (Lipinski definition) is 0. The van der Waals surface area contributed by atoms with Crippen molar-refractivity contribution in [2.45, 2.75) is 33.1 Å². The number of piperidine rings is 1. The fraction of sp³-hybridized carbons (Fsp3) is 0.600. The number of halogens is 1. The molecule has 0 aliphatic carbocycles. The highest BCUT2D eigenvalue weighted by atomic mass is 35.7. The fourth-order valence-corrected chi connectivity index (χ4v) is 6.57. The van der Waals surface area contributed by atoms with E-state index in [0.29, 0.717) is 0 Å². The van der Waals surface area contributed by atoms with Gasteiger partial charge in [-0.05, 0) is 36.2 Å². The van der Waals surface area contributed by atoms with E-state index >= 15 is 0 Å². The molecule has 112 valence electrons. The molecule has 1 heterocycles. The molecule has 1 aliphatic rings. The lowest BCUT2D eigenvalue weighted by molar-refractivity contribution is 0.342. The highest BCUT2D eigenvalue weighted by Crippen LogP contribution is 2.63. The van der Waals surface area contributed by atoms with E-state index < -0.39 is 6.71 Å². The van der Waals surface area contributed by atoms with E-state index in [-0.39, 0.29) is 0 Å². The molecule has 0 saturated carbocycles. The summed E-state index contributed by atoms with van der Waals surface area (Å²) in [5, 5.41) is 0. The van der Waals surface area contributed by atoms with E-state index in [1.54, 1.807) is 0 Å². The van der Waals surface area contributed by atoms with Crippen LogP contribution in [0.2, 0.25) is 0 Å². The van der Waals surface area contributed by atoms with Gasteiger partial charge >= 0.3 is 0 Å². The van der Waals surface area contributed by atoms with Crippen LogP contribution in [0.4, 0.5) is 5.69 Å². The summed E-state index contributed by atoms with van der Waals surface area (Å²) in [5.41, 5.74) is 0.994. The molecule has 1 aromatic rings. The summed E-state index contributed by atoms with van der Waals surface area (Å²) in [6, 6.07) is 10.2. The number of nitrogens with zero attached hydrogens (tertiary/aromatic N) is 3. The lowest BCUT2D eigenvalue weighted by atomic mass is 10.2. The van der Waals surface area contributed by atoms with Gasteiger partial charge in [0.15, 0.2) is 6.71 Å². The van der Waals surface area contributed by atoms with Crippen LogP contribution >= 0.6 is 17.9 Å². The Morgan fingerprint density at radius 1 is 1.10 bits per heavy atom. The maximum absolute atomic E-state index is 7.12. The fourth-order valence-electron chi connectivity index (χ4n) is 2.66. The van der Waals surface area contributed by atoms with Crippen molar-refractivity contribution in [3.63, 3.8) is 0 Å². The zero-order valence-electron chi connectivity index (χ0n) is 12.5. The molecule has 0 amide bonds. The number of rotatable bonds is 5. The van der Waals surface area contributed by atoms with Crippen LogP contribution in [-0.2, 0) is 0 Å². The van der Waals surface area contributed by atoms with Crippen molar-refractivity contribution < 1.29 is 0 Å². The first kappa shape index (κ1) is 16.0. The molecular weight excluding hydrogens is 289 g/mol. The Hall–Kier alpha value is -0.340. The predicted octanol–water partition coefficient (Wildman–Crippen LogP) is 5.33. The van der Waals surface area contributed by atoms with Gasteiger partial charge in [0.1, 0.15) is 0 Å². The minimum atomic E-state index is -2.11. The Labute approximate surface area is 127 Å². The summed E-state index contributed by atoms with van der Waals surface area (Å²) in [6.07, 6.45) is 3.79. The van der Waals surface area contributed by atoms with Crippen LogP contribution in [0.5, 0.6) is 0 Å². The van der Waals surface area contributed by atoms with Crippen LogP contribution in [-0.4, -0.2) is 35.5 Å². The molecule has 2 rings (SSSR count). The summed E-state index contributed by atoms with van der Waals surface area (Å²) < 4.78 is 9.75. The van der Waals surface area contributed by atoms with Crippen LogP contribution < -0.4 is 0 Å². The van der Waals surface area contributed by atoms with Gasteiger partial charge in [0, 0.05) is 26.2 Å². The largest absolute Gasteiger partial charge is 0.246 e. The molecule has 0 spiro atoms. The second kappa shape index (κ2) is 7.61. The van der Waals surface area contributed by atoms with Gasteiger partial charge < -0.3 is 0 Å². The first-order valence-electron chi connectivity index (χ1n) is 7.58. The lowest BCUT2D eigenvalue weighted by Gasteiger charge is -2.40. The Kier molecular flexibility index (Phi) is 6.10. The normalized spacial score (nSPS) is 19.8. The molecule has 0 aromatic heterocycles. The quantitative estimate of drug-likeness (QED) is 0.684. The third-order valence-corrected chi connectivity index (χ3v) is 8.18. The molecule has 5 heteroatoms. The van der Waals surface area contributed by atoms with Crippen LogP contribution in [0, 0.1) is 0 Å². The van der Waals surface area contributed by atoms with Gasteiger partial charge in [0.2, 0.25) is 0 Å². The van der Waals surface area contributed by atoms with Gasteiger partial charge in [-0.2, -0.15) is 0 Å². The molecular formula is C15H25ClN3P. The molecule has 0 N–H and O–H groups in total. The van der Waals surface area contributed by atoms with E-state index in [2.05, 4.69) is 23.2 Å². The van der Waals surface area contributed by atoms with Gasteiger partial charge in [-0.3, -0.25) is 0 Å². The summed E-state index contributed by atoms with van der Waals surface area (Å²) in [7, 11) is 0. The zero-order chi connectivity index (χ0) is 14.4. The smallest absolute Gasteiger partial charge is 0.191 e. The van der Waals surface area contributed by atoms with Gasteiger partial charge in [0.05, 0.1) is 5.69 Å². The zero-order valence-corrected chi connectivity index (χ0v) is 14.2. The van der Waals surface area contributed by atoms with Crippen molar-refractivity contribution in [2.75, 3.05) is 26.2 Å². The van der Waals surface area contributed by atoms with Gasteiger partial charge in [0.25, 0.3) is 0 Å². The van der Waals surface area contributed by atoms with Gasteiger partial charge in [-0.15, -0.1) is 0 Å². The SMILES string of the molecule is CCN(CC)P(Cl)(=Nc1ccccc1)N1CCCCC1. The maximum atomic E-state index is 7.12. The lowest BCUT2D eigenvalue weighted by Crippen LogP contribution is -2.33. The summed E-state index contributed by atoms with van der Waals surface area (Å²) in [5.74, 6) is 0. The van der Waals surface area contributed by atoms with Crippen LogP contribution in [0.3, 0.4) is 0 Å². The third-order valence-electron chi connectivity index (χ3n) is 3.78. The molecule has 1 saturated heterocycles. The van der Waals surface area contributed by atoms with Gasteiger partial charge in [-0.1, -0.05) is 38.5 Å². The molecule has 1 unspecified atom stereocenters. The molecule has 1 aromatic carbocycles. The molecule has 1 atom stereocenters. The van der Waals surface area contributed by atoms with E-state index in [4.69, 9.17) is 16.0 Å². The number of benzene rings is 1. The van der Waals surface area contributed by atoms with Crippen molar-refractivity contribution in [1.29, 1.82) is 0 Å². The highest BCUT2D eigenvalue weighted by Gasteiger charge is 2.32. The first-order valence-corrected chi connectivity index (χ1v) is 10.1. The molecule has 0 bridgehead atoms. The molecule has 3 nitrogen and oxygen atoms in total. The van der Waals surface area contributed by atoms with E-state index in [0.717, 1.165) is 31.9 Å². The van der Waals surface area contributed by atoms with Crippen LogP contribution in [0.15, 0.2) is 35.1 Å². The molecule has 1 fully saturated rings. The van der Waals surface area contributed by atoms with Crippen molar-refractivity contribution in [2.24, 2.45) is 4.74 Å². The predicted molar refractivity (Wildman–Crippen MR) is 89.6 cm³/mol.